The zero-order chi connectivity index (χ0) is 27.2. The van der Waals surface area contributed by atoms with Gasteiger partial charge in [0, 0.05) is 60.9 Å². The van der Waals surface area contributed by atoms with E-state index in [9.17, 15) is 4.21 Å². The van der Waals surface area contributed by atoms with E-state index in [1.165, 1.54) is 17.5 Å². The van der Waals surface area contributed by atoms with Crippen molar-refractivity contribution in [2.75, 3.05) is 18.0 Å². The van der Waals surface area contributed by atoms with Gasteiger partial charge in [-0.25, -0.2) is 23.8 Å². The predicted octanol–water partition coefficient (Wildman–Crippen LogP) is 4.84. The number of hydrogen-bond acceptors (Lipinski definition) is 7. The van der Waals surface area contributed by atoms with Gasteiger partial charge in [-0.15, -0.1) is 0 Å². The summed E-state index contributed by atoms with van der Waals surface area (Å²) in [6, 6.07) is 8.03. The number of hydrogen-bond donors (Lipinski definition) is 1. The number of pyridine rings is 1. The standard InChI is InChI=1S/C27H31ClN8OS2/c1-26(2,39(29)37)15-19-20-5-3-11-35(20)18-27(19)7-13-34(14-8-27)22-16-32-23(17-31-22)38-21-6-10-30-25(24(21)28)36-12-4-9-33-36/h3-6,9-12,16-17,19H,7-8,13-15,18,29H2,1-2H3/t19-,39?/m1/s1. The van der Waals surface area contributed by atoms with Crippen molar-refractivity contribution in [1.29, 1.82) is 0 Å². The van der Waals surface area contributed by atoms with Crippen LogP contribution in [0.1, 0.15) is 44.7 Å². The zero-order valence-electron chi connectivity index (χ0n) is 21.9. The lowest BCUT2D eigenvalue weighted by Crippen LogP contribution is -2.45. The molecule has 1 unspecified atom stereocenters. The van der Waals surface area contributed by atoms with Gasteiger partial charge in [-0.2, -0.15) is 5.10 Å². The number of anilines is 1. The SMILES string of the molecule is CC(C)(C[C@@H]1c2cccn2CC12CCN(c1cnc(Sc3ccnc(-n4cccn4)c3Cl)cn1)CC2)S(N)=O. The molecule has 0 radical (unpaired) electrons. The van der Waals surface area contributed by atoms with Crippen LogP contribution in [-0.2, 0) is 17.5 Å². The van der Waals surface area contributed by atoms with Crippen LogP contribution in [0.3, 0.4) is 0 Å². The van der Waals surface area contributed by atoms with Crippen molar-refractivity contribution >= 4 is 40.2 Å². The van der Waals surface area contributed by atoms with Crippen LogP contribution in [0.5, 0.6) is 0 Å². The lowest BCUT2D eigenvalue weighted by molar-refractivity contribution is 0.159. The molecule has 0 aliphatic carbocycles. The smallest absolute Gasteiger partial charge is 0.173 e. The van der Waals surface area contributed by atoms with Crippen molar-refractivity contribution in [1.82, 2.24) is 29.3 Å². The number of nitrogens with two attached hydrogens (primary N) is 1. The fraction of sp³-hybridized carbons (Fsp3) is 0.407. The molecule has 2 atom stereocenters. The van der Waals surface area contributed by atoms with E-state index < -0.39 is 15.7 Å². The zero-order valence-corrected chi connectivity index (χ0v) is 24.3. The monoisotopic (exact) mass is 582 g/mol. The van der Waals surface area contributed by atoms with Crippen LogP contribution in [0, 0.1) is 5.41 Å². The van der Waals surface area contributed by atoms with E-state index in [0.717, 1.165) is 54.6 Å². The van der Waals surface area contributed by atoms with Gasteiger partial charge in [-0.05, 0) is 62.8 Å². The maximum absolute atomic E-state index is 12.3. The number of halogens is 1. The summed E-state index contributed by atoms with van der Waals surface area (Å²) in [6.45, 7) is 6.83. The molecule has 1 spiro atoms. The summed E-state index contributed by atoms with van der Waals surface area (Å²) in [5.74, 6) is 1.79. The van der Waals surface area contributed by atoms with Crippen LogP contribution in [0.2, 0.25) is 5.02 Å². The van der Waals surface area contributed by atoms with E-state index in [0.29, 0.717) is 16.8 Å². The summed E-state index contributed by atoms with van der Waals surface area (Å²) in [5, 5.41) is 11.4. The highest BCUT2D eigenvalue weighted by Gasteiger charge is 2.50. The average molecular weight is 583 g/mol. The van der Waals surface area contributed by atoms with E-state index >= 15 is 0 Å². The molecule has 2 aliphatic heterocycles. The summed E-state index contributed by atoms with van der Waals surface area (Å²) in [5.41, 5.74) is 1.48. The molecular weight excluding hydrogens is 552 g/mol. The van der Waals surface area contributed by atoms with Crippen LogP contribution in [0.25, 0.3) is 5.82 Å². The Morgan fingerprint density at radius 2 is 1.95 bits per heavy atom. The minimum absolute atomic E-state index is 0.136. The predicted molar refractivity (Wildman–Crippen MR) is 155 cm³/mol. The Morgan fingerprint density at radius 3 is 2.64 bits per heavy atom. The Kier molecular flexibility index (Phi) is 7.03. The molecular formula is C27H31ClN8OS2. The van der Waals surface area contributed by atoms with Crippen LogP contribution < -0.4 is 10.0 Å². The molecule has 39 heavy (non-hydrogen) atoms. The van der Waals surface area contributed by atoms with Crippen LogP contribution in [0.4, 0.5) is 5.82 Å². The van der Waals surface area contributed by atoms with Gasteiger partial charge in [-0.1, -0.05) is 23.4 Å². The highest BCUT2D eigenvalue weighted by atomic mass is 35.5. The number of rotatable bonds is 7. The van der Waals surface area contributed by atoms with E-state index in [4.69, 9.17) is 21.7 Å². The molecule has 0 amide bonds. The van der Waals surface area contributed by atoms with E-state index in [1.54, 1.807) is 23.3 Å². The van der Waals surface area contributed by atoms with Crippen molar-refractivity contribution in [3.8, 4) is 5.82 Å². The third kappa shape index (κ3) is 5.01. The van der Waals surface area contributed by atoms with Crippen molar-refractivity contribution in [3.63, 3.8) is 0 Å². The summed E-state index contributed by atoms with van der Waals surface area (Å²) in [6.07, 6.45) is 13.9. The van der Waals surface area contributed by atoms with E-state index in [1.807, 2.05) is 38.4 Å². The molecule has 2 aliphatic rings. The first-order valence-corrected chi connectivity index (χ1v) is 15.4. The number of nitrogens with zero attached hydrogens (tertiary/aromatic N) is 7. The highest BCUT2D eigenvalue weighted by Crippen LogP contribution is 2.54. The number of piperidine rings is 1. The molecule has 0 aromatic carbocycles. The highest BCUT2D eigenvalue weighted by molar-refractivity contribution is 7.99. The van der Waals surface area contributed by atoms with Gasteiger partial charge in [0.1, 0.15) is 10.8 Å². The van der Waals surface area contributed by atoms with Crippen LogP contribution in [-0.4, -0.2) is 51.3 Å². The molecule has 204 valence electrons. The van der Waals surface area contributed by atoms with Gasteiger partial charge in [0.25, 0.3) is 0 Å². The number of aromatic nitrogens is 6. The largest absolute Gasteiger partial charge is 0.355 e. The van der Waals surface area contributed by atoms with Gasteiger partial charge >= 0.3 is 0 Å². The molecule has 4 aromatic heterocycles. The second kappa shape index (κ2) is 10.3. The summed E-state index contributed by atoms with van der Waals surface area (Å²) >= 11 is 8.09. The van der Waals surface area contributed by atoms with Crippen LogP contribution >= 0.6 is 23.4 Å². The molecule has 0 bridgehead atoms. The first kappa shape index (κ1) is 26.5. The summed E-state index contributed by atoms with van der Waals surface area (Å²) < 4.78 is 15.9. The Morgan fingerprint density at radius 1 is 1.13 bits per heavy atom. The van der Waals surface area contributed by atoms with Crippen molar-refractivity contribution in [3.05, 3.63) is 72.2 Å². The lowest BCUT2D eigenvalue weighted by Gasteiger charge is -2.44. The van der Waals surface area contributed by atoms with Crippen LogP contribution in [0.15, 0.2) is 71.4 Å². The summed E-state index contributed by atoms with van der Waals surface area (Å²) in [4.78, 5) is 17.0. The van der Waals surface area contributed by atoms with Gasteiger partial charge in [-0.3, -0.25) is 5.14 Å². The van der Waals surface area contributed by atoms with Gasteiger partial charge in [0.15, 0.2) is 5.82 Å². The van der Waals surface area contributed by atoms with Gasteiger partial charge in [0.2, 0.25) is 0 Å². The topological polar surface area (TPSA) is 108 Å². The molecule has 9 nitrogen and oxygen atoms in total. The first-order valence-electron chi connectivity index (χ1n) is 13.0. The van der Waals surface area contributed by atoms with Crippen molar-refractivity contribution < 1.29 is 4.21 Å². The first-order chi connectivity index (χ1) is 18.8. The Balaban J connectivity index is 1.14. The second-order valence-electron chi connectivity index (χ2n) is 10.9. The minimum atomic E-state index is -1.38. The van der Waals surface area contributed by atoms with Gasteiger partial charge < -0.3 is 9.47 Å². The Labute approximate surface area is 239 Å². The number of fused-ring (bicyclic) bond motifs is 1. The summed E-state index contributed by atoms with van der Waals surface area (Å²) in [7, 11) is -1.38. The lowest BCUT2D eigenvalue weighted by atomic mass is 9.67. The van der Waals surface area contributed by atoms with Gasteiger partial charge in [0.05, 0.1) is 33.1 Å². The van der Waals surface area contributed by atoms with Crippen molar-refractivity contribution in [2.45, 2.75) is 60.2 Å². The van der Waals surface area contributed by atoms with Crippen molar-refractivity contribution in [2.24, 2.45) is 10.6 Å². The third-order valence-corrected chi connectivity index (χ3v) is 10.9. The fourth-order valence-electron chi connectivity index (χ4n) is 5.92. The second-order valence-corrected chi connectivity index (χ2v) is 14.1. The van der Waals surface area contributed by atoms with E-state index in [-0.39, 0.29) is 5.41 Å². The molecule has 0 saturated carbocycles. The minimum Gasteiger partial charge on any atom is -0.355 e. The van der Waals surface area contributed by atoms with E-state index in [2.05, 4.69) is 42.9 Å². The fourth-order valence-corrected chi connectivity index (χ4v) is 7.31. The molecule has 2 N–H and O–H groups in total. The average Bonchev–Trinajstić information content (AvgIpc) is 3.66. The normalized spacial score (nSPS) is 19.4. The molecule has 4 aromatic rings. The third-order valence-electron chi connectivity index (χ3n) is 8.16. The molecule has 12 heteroatoms. The molecule has 1 saturated heterocycles. The Bertz CT molecular complexity index is 1480. The maximum Gasteiger partial charge on any atom is 0.173 e. The molecule has 6 heterocycles. The Hall–Kier alpha value is -2.73. The maximum atomic E-state index is 12.3. The quantitative estimate of drug-likeness (QED) is 0.332. The molecule has 6 rings (SSSR count). The molecule has 1 fully saturated rings.